The van der Waals surface area contributed by atoms with Gasteiger partial charge in [0.25, 0.3) is 0 Å². The number of ketones is 1. The fourth-order valence-corrected chi connectivity index (χ4v) is 1.41. The standard InChI is InChI=1S/C10H11N3O/c1-6-4-7(2)10(12-13-11)9(5-6)8(3)14/h4-5H,1-3H3. The van der Waals surface area contributed by atoms with Crippen molar-refractivity contribution in [2.24, 2.45) is 5.11 Å². The topological polar surface area (TPSA) is 65.8 Å². The van der Waals surface area contributed by atoms with Crippen LogP contribution >= 0.6 is 0 Å². The summed E-state index contributed by atoms with van der Waals surface area (Å²) in [6, 6.07) is 3.62. The summed E-state index contributed by atoms with van der Waals surface area (Å²) in [7, 11) is 0. The first-order chi connectivity index (χ1) is 6.56. The van der Waals surface area contributed by atoms with Gasteiger partial charge in [0, 0.05) is 10.5 Å². The number of nitrogens with zero attached hydrogens (tertiary/aromatic N) is 3. The Balaban J connectivity index is 3.51. The number of carbonyl (C=O) groups excluding carboxylic acids is 1. The molecule has 0 fully saturated rings. The zero-order valence-electron chi connectivity index (χ0n) is 8.40. The van der Waals surface area contributed by atoms with Gasteiger partial charge in [0.15, 0.2) is 5.78 Å². The minimum Gasteiger partial charge on any atom is -0.294 e. The minimum atomic E-state index is -0.0841. The van der Waals surface area contributed by atoms with E-state index in [0.29, 0.717) is 11.3 Å². The fraction of sp³-hybridized carbons (Fsp3) is 0.300. The zero-order valence-corrected chi connectivity index (χ0v) is 8.40. The van der Waals surface area contributed by atoms with Crippen LogP contribution in [0.4, 0.5) is 5.69 Å². The molecule has 0 atom stereocenters. The number of aryl methyl sites for hydroxylation is 2. The fourth-order valence-electron chi connectivity index (χ4n) is 1.41. The molecule has 1 aromatic carbocycles. The number of azide groups is 1. The van der Waals surface area contributed by atoms with Crippen molar-refractivity contribution in [1.82, 2.24) is 0 Å². The second kappa shape index (κ2) is 3.94. The Morgan fingerprint density at radius 2 is 2.07 bits per heavy atom. The average molecular weight is 189 g/mol. The molecular formula is C10H11N3O. The van der Waals surface area contributed by atoms with Crippen molar-refractivity contribution in [3.8, 4) is 0 Å². The molecule has 0 N–H and O–H groups in total. The summed E-state index contributed by atoms with van der Waals surface area (Å²) < 4.78 is 0. The molecule has 0 bridgehead atoms. The lowest BCUT2D eigenvalue weighted by Crippen LogP contribution is -1.95. The van der Waals surface area contributed by atoms with E-state index in [-0.39, 0.29) is 5.78 Å². The maximum Gasteiger partial charge on any atom is 0.160 e. The second-order valence-corrected chi connectivity index (χ2v) is 3.22. The summed E-state index contributed by atoms with van der Waals surface area (Å²) in [6.45, 7) is 5.19. The Labute approximate surface area is 82.2 Å². The molecule has 0 radical (unpaired) electrons. The van der Waals surface area contributed by atoms with E-state index < -0.39 is 0 Å². The molecule has 0 aromatic heterocycles. The van der Waals surface area contributed by atoms with Crippen LogP contribution < -0.4 is 0 Å². The van der Waals surface area contributed by atoms with E-state index in [1.807, 2.05) is 19.9 Å². The molecule has 0 aliphatic heterocycles. The maximum atomic E-state index is 11.3. The van der Waals surface area contributed by atoms with Gasteiger partial charge in [0.2, 0.25) is 0 Å². The van der Waals surface area contributed by atoms with Gasteiger partial charge in [-0.25, -0.2) is 0 Å². The van der Waals surface area contributed by atoms with Crippen LogP contribution in [0.25, 0.3) is 10.4 Å². The zero-order chi connectivity index (χ0) is 10.7. The number of hydrogen-bond acceptors (Lipinski definition) is 2. The van der Waals surface area contributed by atoms with E-state index in [1.165, 1.54) is 6.92 Å². The first kappa shape index (κ1) is 10.3. The van der Waals surface area contributed by atoms with Gasteiger partial charge < -0.3 is 0 Å². The predicted octanol–water partition coefficient (Wildman–Crippen LogP) is 3.45. The van der Waals surface area contributed by atoms with Crippen molar-refractivity contribution in [1.29, 1.82) is 0 Å². The molecule has 14 heavy (non-hydrogen) atoms. The molecule has 0 saturated heterocycles. The molecular weight excluding hydrogens is 178 g/mol. The quantitative estimate of drug-likeness (QED) is 0.304. The number of carbonyl (C=O) groups is 1. The van der Waals surface area contributed by atoms with Gasteiger partial charge in [0.05, 0.1) is 5.69 Å². The molecule has 0 saturated carbocycles. The first-order valence-corrected chi connectivity index (χ1v) is 4.23. The summed E-state index contributed by atoms with van der Waals surface area (Å²) >= 11 is 0. The molecule has 0 amide bonds. The van der Waals surface area contributed by atoms with E-state index in [2.05, 4.69) is 10.0 Å². The molecule has 0 heterocycles. The lowest BCUT2D eigenvalue weighted by molar-refractivity contribution is 0.101. The van der Waals surface area contributed by atoms with Gasteiger partial charge in [0.1, 0.15) is 0 Å². The minimum absolute atomic E-state index is 0.0841. The van der Waals surface area contributed by atoms with Crippen LogP contribution in [-0.2, 0) is 0 Å². The molecule has 4 nitrogen and oxygen atoms in total. The van der Waals surface area contributed by atoms with Crippen molar-refractivity contribution in [2.75, 3.05) is 0 Å². The number of rotatable bonds is 2. The van der Waals surface area contributed by atoms with Crippen molar-refractivity contribution in [3.63, 3.8) is 0 Å². The Morgan fingerprint density at radius 1 is 1.43 bits per heavy atom. The Kier molecular flexibility index (Phi) is 2.89. The maximum absolute atomic E-state index is 11.3. The first-order valence-electron chi connectivity index (χ1n) is 4.23. The SMILES string of the molecule is CC(=O)c1cc(C)cc(C)c1N=[N+]=[N-]. The molecule has 4 heteroatoms. The summed E-state index contributed by atoms with van der Waals surface area (Å²) in [5.41, 5.74) is 11.1. The molecule has 1 aromatic rings. The van der Waals surface area contributed by atoms with Crippen LogP contribution in [0.15, 0.2) is 17.2 Å². The monoisotopic (exact) mass is 189 g/mol. The number of benzene rings is 1. The van der Waals surface area contributed by atoms with Gasteiger partial charge in [-0.15, -0.1) is 0 Å². The normalized spacial score (nSPS) is 9.36. The predicted molar refractivity (Wildman–Crippen MR) is 54.7 cm³/mol. The van der Waals surface area contributed by atoms with Crippen LogP contribution in [0.1, 0.15) is 28.4 Å². The number of hydrogen-bond donors (Lipinski definition) is 0. The highest BCUT2D eigenvalue weighted by Crippen LogP contribution is 2.26. The van der Waals surface area contributed by atoms with Crippen molar-refractivity contribution in [3.05, 3.63) is 39.3 Å². The van der Waals surface area contributed by atoms with Gasteiger partial charge in [-0.05, 0) is 37.9 Å². The molecule has 0 unspecified atom stereocenters. The van der Waals surface area contributed by atoms with Gasteiger partial charge >= 0.3 is 0 Å². The highest BCUT2D eigenvalue weighted by Gasteiger charge is 2.08. The molecule has 0 spiro atoms. The Morgan fingerprint density at radius 3 is 2.57 bits per heavy atom. The Hall–Kier alpha value is -1.80. The van der Waals surface area contributed by atoms with E-state index in [4.69, 9.17) is 5.53 Å². The smallest absolute Gasteiger partial charge is 0.160 e. The average Bonchev–Trinajstić information content (AvgIpc) is 2.09. The summed E-state index contributed by atoms with van der Waals surface area (Å²) in [5, 5.41) is 3.53. The largest absolute Gasteiger partial charge is 0.294 e. The van der Waals surface area contributed by atoms with Crippen LogP contribution in [0.5, 0.6) is 0 Å². The van der Waals surface area contributed by atoms with Crippen LogP contribution in [-0.4, -0.2) is 5.78 Å². The summed E-state index contributed by atoms with van der Waals surface area (Å²) in [5.74, 6) is -0.0841. The summed E-state index contributed by atoms with van der Waals surface area (Å²) in [6.07, 6.45) is 0. The number of Topliss-reactive ketones (excluding diaryl/α,β-unsaturated/α-hetero) is 1. The van der Waals surface area contributed by atoms with Gasteiger partial charge in [-0.1, -0.05) is 16.7 Å². The molecule has 1 rings (SSSR count). The van der Waals surface area contributed by atoms with E-state index in [1.54, 1.807) is 6.07 Å². The molecule has 0 aliphatic carbocycles. The van der Waals surface area contributed by atoms with E-state index in [0.717, 1.165) is 11.1 Å². The van der Waals surface area contributed by atoms with E-state index >= 15 is 0 Å². The van der Waals surface area contributed by atoms with E-state index in [9.17, 15) is 4.79 Å². The van der Waals surface area contributed by atoms with Crippen molar-refractivity contribution >= 4 is 11.5 Å². The third-order valence-corrected chi connectivity index (χ3v) is 1.97. The molecule has 0 aliphatic rings. The highest BCUT2D eigenvalue weighted by atomic mass is 16.1. The summed E-state index contributed by atoms with van der Waals surface area (Å²) in [4.78, 5) is 14.0. The lowest BCUT2D eigenvalue weighted by atomic mass is 10.0. The van der Waals surface area contributed by atoms with Gasteiger partial charge in [-0.3, -0.25) is 4.79 Å². The van der Waals surface area contributed by atoms with Crippen LogP contribution in [0, 0.1) is 13.8 Å². The second-order valence-electron chi connectivity index (χ2n) is 3.22. The van der Waals surface area contributed by atoms with Crippen LogP contribution in [0.3, 0.4) is 0 Å². The Bertz CT molecular complexity index is 431. The lowest BCUT2D eigenvalue weighted by Gasteiger charge is -2.06. The van der Waals surface area contributed by atoms with Crippen molar-refractivity contribution in [2.45, 2.75) is 20.8 Å². The van der Waals surface area contributed by atoms with Crippen molar-refractivity contribution < 1.29 is 4.79 Å². The highest BCUT2D eigenvalue weighted by molar-refractivity contribution is 5.99. The van der Waals surface area contributed by atoms with Crippen LogP contribution in [0.2, 0.25) is 0 Å². The third kappa shape index (κ3) is 1.92. The van der Waals surface area contributed by atoms with Gasteiger partial charge in [-0.2, -0.15) is 0 Å². The molecule has 72 valence electrons. The third-order valence-electron chi connectivity index (χ3n) is 1.97.